The van der Waals surface area contributed by atoms with Crippen molar-refractivity contribution in [3.05, 3.63) is 29.8 Å². The van der Waals surface area contributed by atoms with E-state index in [0.717, 1.165) is 37.4 Å². The van der Waals surface area contributed by atoms with Crippen LogP contribution in [0, 0.1) is 12.3 Å². The zero-order chi connectivity index (χ0) is 13.2. The van der Waals surface area contributed by atoms with E-state index >= 15 is 0 Å². The Labute approximate surface area is 110 Å². The second-order valence-electron chi connectivity index (χ2n) is 4.43. The Morgan fingerprint density at radius 1 is 1.33 bits per heavy atom. The molecule has 0 radical (unpaired) electrons. The molecule has 0 saturated heterocycles. The van der Waals surface area contributed by atoms with Crippen molar-refractivity contribution < 1.29 is 4.74 Å². The number of hydrogen-bond donors (Lipinski definition) is 1. The number of rotatable bonds is 8. The topological polar surface area (TPSA) is 24.5 Å². The summed E-state index contributed by atoms with van der Waals surface area (Å²) in [6.45, 7) is 3.23. The fraction of sp³-hybridized carbons (Fsp3) is 0.467. The van der Waals surface area contributed by atoms with Crippen LogP contribution in [0.2, 0.25) is 0 Å². The van der Waals surface area contributed by atoms with Gasteiger partial charge in [0, 0.05) is 12.1 Å². The first kappa shape index (κ1) is 14.6. The number of nitrogens with one attached hydrogen (secondary N) is 1. The number of para-hydroxylation sites is 1. The molecular weight excluding hydrogens is 224 g/mol. The van der Waals surface area contributed by atoms with E-state index in [0.29, 0.717) is 6.61 Å². The minimum Gasteiger partial charge on any atom is -0.481 e. The van der Waals surface area contributed by atoms with Crippen LogP contribution in [0.5, 0.6) is 5.75 Å². The quantitative estimate of drug-likeness (QED) is 0.558. The average molecular weight is 246 g/mol. The third-order valence-electron chi connectivity index (χ3n) is 2.56. The highest BCUT2D eigenvalue weighted by atomic mass is 16.5. The molecule has 0 fully saturated rings. The zero-order valence-corrected chi connectivity index (χ0v) is 11.3. The fourth-order valence-corrected chi connectivity index (χ4v) is 1.65. The molecule has 0 bridgehead atoms. The molecule has 1 N–H and O–H groups in total. The summed E-state index contributed by atoms with van der Waals surface area (Å²) >= 11 is 0. The van der Waals surface area contributed by atoms with Crippen LogP contribution in [0.25, 0.3) is 0 Å². The Balaban J connectivity index is 2.35. The number of hydrogen-bond acceptors (Lipinski definition) is 3. The molecule has 1 rings (SSSR count). The van der Waals surface area contributed by atoms with Gasteiger partial charge in [-0.3, -0.25) is 0 Å². The van der Waals surface area contributed by atoms with Gasteiger partial charge in [0.05, 0.1) is 0 Å². The molecule has 18 heavy (non-hydrogen) atoms. The third-order valence-corrected chi connectivity index (χ3v) is 2.56. The summed E-state index contributed by atoms with van der Waals surface area (Å²) in [5.41, 5.74) is 1.15. The van der Waals surface area contributed by atoms with E-state index in [9.17, 15) is 0 Å². The summed E-state index contributed by atoms with van der Waals surface area (Å²) < 4.78 is 5.50. The molecule has 0 aliphatic heterocycles. The Hall–Kier alpha value is -1.50. The van der Waals surface area contributed by atoms with E-state index in [1.165, 1.54) is 0 Å². The summed E-state index contributed by atoms with van der Waals surface area (Å²) in [6, 6.07) is 7.99. The molecule has 0 aromatic heterocycles. The summed E-state index contributed by atoms with van der Waals surface area (Å²) in [5, 5.41) is 3.42. The average Bonchev–Trinajstić information content (AvgIpc) is 2.36. The second-order valence-corrected chi connectivity index (χ2v) is 4.43. The molecule has 0 unspecified atom stereocenters. The Morgan fingerprint density at radius 2 is 2.11 bits per heavy atom. The van der Waals surface area contributed by atoms with Crippen LogP contribution >= 0.6 is 0 Å². The van der Waals surface area contributed by atoms with Crippen molar-refractivity contribution in [2.75, 3.05) is 33.8 Å². The van der Waals surface area contributed by atoms with Crippen molar-refractivity contribution in [3.63, 3.8) is 0 Å². The van der Waals surface area contributed by atoms with E-state index in [4.69, 9.17) is 11.2 Å². The van der Waals surface area contributed by atoms with Gasteiger partial charge < -0.3 is 15.0 Å². The molecule has 3 nitrogen and oxygen atoms in total. The molecule has 0 aliphatic carbocycles. The van der Waals surface area contributed by atoms with Crippen molar-refractivity contribution >= 4 is 0 Å². The van der Waals surface area contributed by atoms with Crippen molar-refractivity contribution in [1.82, 2.24) is 10.2 Å². The van der Waals surface area contributed by atoms with Gasteiger partial charge in [-0.05, 0) is 39.7 Å². The van der Waals surface area contributed by atoms with Gasteiger partial charge in [0.1, 0.15) is 12.4 Å². The van der Waals surface area contributed by atoms with Crippen LogP contribution in [-0.4, -0.2) is 38.7 Å². The summed E-state index contributed by atoms with van der Waals surface area (Å²) in [4.78, 5) is 2.19. The van der Waals surface area contributed by atoms with Crippen molar-refractivity contribution in [2.45, 2.75) is 13.0 Å². The second kappa shape index (κ2) is 8.57. The lowest BCUT2D eigenvalue weighted by Crippen LogP contribution is -2.21. The minimum absolute atomic E-state index is 0.317. The highest BCUT2D eigenvalue weighted by Gasteiger charge is 2.01. The monoisotopic (exact) mass is 246 g/mol. The molecule has 1 aromatic carbocycles. The Morgan fingerprint density at radius 3 is 2.83 bits per heavy atom. The molecule has 0 aliphatic rings. The van der Waals surface area contributed by atoms with E-state index in [1.807, 2.05) is 18.2 Å². The first-order valence-corrected chi connectivity index (χ1v) is 6.23. The molecule has 0 atom stereocenters. The molecular formula is C15H22N2O. The maximum atomic E-state index is 5.50. The van der Waals surface area contributed by atoms with Crippen molar-refractivity contribution in [3.8, 4) is 18.1 Å². The summed E-state index contributed by atoms with van der Waals surface area (Å²) in [5.74, 6) is 3.36. The maximum Gasteiger partial charge on any atom is 0.148 e. The molecule has 0 saturated carbocycles. The first-order chi connectivity index (χ1) is 8.74. The maximum absolute atomic E-state index is 5.50. The van der Waals surface area contributed by atoms with Crippen LogP contribution < -0.4 is 10.1 Å². The van der Waals surface area contributed by atoms with E-state index in [-0.39, 0.29) is 0 Å². The van der Waals surface area contributed by atoms with Gasteiger partial charge >= 0.3 is 0 Å². The molecule has 0 spiro atoms. The molecule has 1 aromatic rings. The smallest absolute Gasteiger partial charge is 0.148 e. The minimum atomic E-state index is 0.317. The molecule has 98 valence electrons. The lowest BCUT2D eigenvalue weighted by molar-refractivity contribution is 0.363. The first-order valence-electron chi connectivity index (χ1n) is 6.23. The number of nitrogens with zero attached hydrogens (tertiary/aromatic N) is 1. The van der Waals surface area contributed by atoms with Crippen LogP contribution in [0.3, 0.4) is 0 Å². The van der Waals surface area contributed by atoms with Crippen LogP contribution in [0.1, 0.15) is 12.0 Å². The standard InChI is InChI=1S/C15H22N2O/c1-4-12-18-15-9-6-5-8-14(15)13-16-10-7-11-17(2)3/h1,5-6,8-9,16H,7,10-13H2,2-3H3. The van der Waals surface area contributed by atoms with Gasteiger partial charge in [0.2, 0.25) is 0 Å². The number of terminal acetylenes is 1. The molecule has 0 amide bonds. The SMILES string of the molecule is C#CCOc1ccccc1CNCCCN(C)C. The highest BCUT2D eigenvalue weighted by Crippen LogP contribution is 2.17. The summed E-state index contributed by atoms with van der Waals surface area (Å²) in [7, 11) is 4.17. The normalized spacial score (nSPS) is 10.3. The molecule has 0 heterocycles. The Kier molecular flexibility index (Phi) is 6.93. The van der Waals surface area contributed by atoms with E-state index in [2.05, 4.69) is 36.3 Å². The highest BCUT2D eigenvalue weighted by molar-refractivity contribution is 5.33. The van der Waals surface area contributed by atoms with Gasteiger partial charge in [-0.25, -0.2) is 0 Å². The van der Waals surface area contributed by atoms with Crippen molar-refractivity contribution in [2.24, 2.45) is 0 Å². The number of ether oxygens (including phenoxy) is 1. The van der Waals surface area contributed by atoms with E-state index < -0.39 is 0 Å². The van der Waals surface area contributed by atoms with Crippen LogP contribution in [-0.2, 0) is 6.54 Å². The molecule has 3 heteroatoms. The fourth-order valence-electron chi connectivity index (χ4n) is 1.65. The van der Waals surface area contributed by atoms with Crippen molar-refractivity contribution in [1.29, 1.82) is 0 Å². The van der Waals surface area contributed by atoms with Gasteiger partial charge in [-0.2, -0.15) is 0 Å². The third kappa shape index (κ3) is 5.72. The predicted octanol–water partition coefficient (Wildman–Crippen LogP) is 1.74. The Bertz CT molecular complexity index is 382. The zero-order valence-electron chi connectivity index (χ0n) is 11.3. The number of benzene rings is 1. The largest absolute Gasteiger partial charge is 0.481 e. The van der Waals surface area contributed by atoms with Gasteiger partial charge in [0.25, 0.3) is 0 Å². The van der Waals surface area contributed by atoms with Crippen LogP contribution in [0.15, 0.2) is 24.3 Å². The lowest BCUT2D eigenvalue weighted by atomic mass is 10.2. The van der Waals surface area contributed by atoms with Gasteiger partial charge in [-0.15, -0.1) is 6.42 Å². The summed E-state index contributed by atoms with van der Waals surface area (Å²) in [6.07, 6.45) is 6.34. The lowest BCUT2D eigenvalue weighted by Gasteiger charge is -2.12. The van der Waals surface area contributed by atoms with Gasteiger partial charge in [-0.1, -0.05) is 24.1 Å². The van der Waals surface area contributed by atoms with E-state index in [1.54, 1.807) is 0 Å². The predicted molar refractivity (Wildman–Crippen MR) is 75.6 cm³/mol. The van der Waals surface area contributed by atoms with Crippen LogP contribution in [0.4, 0.5) is 0 Å². The van der Waals surface area contributed by atoms with Gasteiger partial charge in [0.15, 0.2) is 0 Å².